The summed E-state index contributed by atoms with van der Waals surface area (Å²) in [6.45, 7) is 6.30. The Morgan fingerprint density at radius 3 is 2.40 bits per heavy atom. The third kappa shape index (κ3) is 7.53. The van der Waals surface area contributed by atoms with E-state index in [1.165, 1.54) is 0 Å². The van der Waals surface area contributed by atoms with Gasteiger partial charge in [-0.3, -0.25) is 0 Å². The van der Waals surface area contributed by atoms with Crippen molar-refractivity contribution in [1.29, 1.82) is 0 Å². The zero-order chi connectivity index (χ0) is 19.0. The molecular weight excluding hydrogens is 326 g/mol. The summed E-state index contributed by atoms with van der Waals surface area (Å²) in [7, 11) is 3.96. The Bertz CT molecular complexity index is 597. The molecule has 0 aromatic heterocycles. The quantitative estimate of drug-likeness (QED) is 0.509. The summed E-state index contributed by atoms with van der Waals surface area (Å²) < 4.78 is 15.9. The van der Waals surface area contributed by atoms with Crippen LogP contribution in [0.4, 0.5) is 0 Å². The van der Waals surface area contributed by atoms with Gasteiger partial charge in [0.25, 0.3) is 0 Å². The zero-order valence-corrected chi connectivity index (χ0v) is 15.5. The second kappa shape index (κ2) is 10.0. The number of nitrogens with zero attached hydrogens (tertiary/aromatic N) is 1. The number of likely N-dealkylation sites (N-methyl/N-ethyl adjacent to an activating group) is 1. The molecule has 140 valence electrons. The van der Waals surface area contributed by atoms with E-state index in [0.717, 1.165) is 23.4 Å². The van der Waals surface area contributed by atoms with E-state index in [2.05, 4.69) is 0 Å². The molecule has 1 aromatic rings. The van der Waals surface area contributed by atoms with Gasteiger partial charge in [0.1, 0.15) is 31.3 Å². The van der Waals surface area contributed by atoms with Crippen molar-refractivity contribution in [2.45, 2.75) is 26.7 Å². The third-order valence-corrected chi connectivity index (χ3v) is 3.39. The van der Waals surface area contributed by atoms with Gasteiger partial charge in [-0.25, -0.2) is 9.59 Å². The van der Waals surface area contributed by atoms with Gasteiger partial charge < -0.3 is 24.2 Å². The molecule has 0 bridgehead atoms. The molecule has 0 unspecified atom stereocenters. The van der Waals surface area contributed by atoms with Crippen LogP contribution in [0.2, 0.25) is 0 Å². The maximum Gasteiger partial charge on any atom is 0.337 e. The van der Waals surface area contributed by atoms with Crippen LogP contribution in [0.25, 0.3) is 0 Å². The molecule has 7 heteroatoms. The highest BCUT2D eigenvalue weighted by Crippen LogP contribution is 2.33. The predicted octanol–water partition coefficient (Wildman–Crippen LogP) is 2.07. The fraction of sp³-hybridized carbons (Fsp3) is 0.556. The average Bonchev–Trinajstić information content (AvgIpc) is 2.48. The zero-order valence-electron chi connectivity index (χ0n) is 15.5. The number of esters is 1. The first-order valence-electron chi connectivity index (χ1n) is 8.13. The Kier molecular flexibility index (Phi) is 8.37. The highest BCUT2D eigenvalue weighted by molar-refractivity contribution is 5.75. The molecule has 0 fully saturated rings. The smallest absolute Gasteiger partial charge is 0.337 e. The molecule has 0 atom stereocenters. The maximum atomic E-state index is 11.8. The largest absolute Gasteiger partial charge is 0.492 e. The standard InChI is InChI=1S/C18H27NO6/c1-12(2)14-9-15(25-18(22)11-23-10-17(20)21)13(3)8-16(14)24-7-6-19(4)5/h8-9,12H,6-7,10-11H2,1-5H3,(H,20,21). The van der Waals surface area contributed by atoms with E-state index in [-0.39, 0.29) is 5.92 Å². The maximum absolute atomic E-state index is 11.8. The lowest BCUT2D eigenvalue weighted by molar-refractivity contribution is -0.147. The number of aryl methyl sites for hydroxylation is 1. The van der Waals surface area contributed by atoms with Gasteiger partial charge in [0.15, 0.2) is 0 Å². The Morgan fingerprint density at radius 2 is 1.84 bits per heavy atom. The lowest BCUT2D eigenvalue weighted by Crippen LogP contribution is -2.20. The van der Waals surface area contributed by atoms with Crippen molar-refractivity contribution in [3.05, 3.63) is 23.3 Å². The average molecular weight is 353 g/mol. The van der Waals surface area contributed by atoms with Crippen molar-refractivity contribution in [1.82, 2.24) is 4.90 Å². The summed E-state index contributed by atoms with van der Waals surface area (Å²) in [5.41, 5.74) is 1.70. The molecule has 1 N–H and O–H groups in total. The number of hydrogen-bond donors (Lipinski definition) is 1. The van der Waals surface area contributed by atoms with Gasteiger partial charge in [0.2, 0.25) is 0 Å². The van der Waals surface area contributed by atoms with Gasteiger partial charge in [-0.2, -0.15) is 0 Å². The van der Waals surface area contributed by atoms with Crippen LogP contribution in [0.3, 0.4) is 0 Å². The Balaban J connectivity index is 2.82. The molecule has 0 amide bonds. The minimum Gasteiger partial charge on any atom is -0.492 e. The van der Waals surface area contributed by atoms with Crippen LogP contribution < -0.4 is 9.47 Å². The first-order valence-corrected chi connectivity index (χ1v) is 8.13. The Morgan fingerprint density at radius 1 is 1.16 bits per heavy atom. The molecule has 1 rings (SSSR count). The molecule has 0 heterocycles. The number of carbonyl (C=O) groups is 2. The SMILES string of the molecule is Cc1cc(OCCN(C)C)c(C(C)C)cc1OC(=O)COCC(=O)O. The first kappa shape index (κ1) is 20.9. The van der Waals surface area contributed by atoms with Crippen molar-refractivity contribution in [2.75, 3.05) is 40.5 Å². The molecule has 0 aliphatic carbocycles. The number of aliphatic carboxylic acids is 1. The molecule has 7 nitrogen and oxygen atoms in total. The Hall–Kier alpha value is -2.12. The number of carbonyl (C=O) groups excluding carboxylic acids is 1. The Labute approximate surface area is 148 Å². The molecule has 0 saturated heterocycles. The van der Waals surface area contributed by atoms with Gasteiger partial charge in [-0.1, -0.05) is 13.8 Å². The van der Waals surface area contributed by atoms with Crippen LogP contribution >= 0.6 is 0 Å². The first-order chi connectivity index (χ1) is 11.7. The van der Waals surface area contributed by atoms with E-state index in [4.69, 9.17) is 19.3 Å². The molecule has 1 aromatic carbocycles. The van der Waals surface area contributed by atoms with E-state index in [0.29, 0.717) is 12.4 Å². The van der Waals surface area contributed by atoms with Gasteiger partial charge >= 0.3 is 11.9 Å². The fourth-order valence-corrected chi connectivity index (χ4v) is 2.08. The summed E-state index contributed by atoms with van der Waals surface area (Å²) in [4.78, 5) is 24.2. The molecule has 0 aliphatic rings. The molecule has 0 radical (unpaired) electrons. The van der Waals surface area contributed by atoms with Crippen molar-refractivity contribution in [3.63, 3.8) is 0 Å². The topological polar surface area (TPSA) is 85.3 Å². The van der Waals surface area contributed by atoms with E-state index in [1.54, 1.807) is 6.07 Å². The van der Waals surface area contributed by atoms with Crippen LogP contribution in [0.1, 0.15) is 30.9 Å². The minimum absolute atomic E-state index is 0.190. The van der Waals surface area contributed by atoms with Crippen LogP contribution in [-0.2, 0) is 14.3 Å². The molecular formula is C18H27NO6. The molecule has 0 spiro atoms. The summed E-state index contributed by atoms with van der Waals surface area (Å²) in [6, 6.07) is 3.64. The normalized spacial score (nSPS) is 11.0. The minimum atomic E-state index is -1.13. The van der Waals surface area contributed by atoms with E-state index in [1.807, 2.05) is 45.8 Å². The highest BCUT2D eigenvalue weighted by Gasteiger charge is 2.15. The summed E-state index contributed by atoms with van der Waals surface area (Å²) in [6.07, 6.45) is 0. The van der Waals surface area contributed by atoms with Gasteiger partial charge in [0.05, 0.1) is 0 Å². The lowest BCUT2D eigenvalue weighted by Gasteiger charge is -2.18. The monoisotopic (exact) mass is 353 g/mol. The number of rotatable bonds is 10. The van der Waals surface area contributed by atoms with Gasteiger partial charge in [-0.05, 0) is 44.6 Å². The van der Waals surface area contributed by atoms with E-state index >= 15 is 0 Å². The van der Waals surface area contributed by atoms with Crippen LogP contribution in [0.15, 0.2) is 12.1 Å². The number of benzene rings is 1. The second-order valence-electron chi connectivity index (χ2n) is 6.32. The number of hydrogen-bond acceptors (Lipinski definition) is 6. The van der Waals surface area contributed by atoms with E-state index in [9.17, 15) is 9.59 Å². The van der Waals surface area contributed by atoms with Gasteiger partial charge in [0, 0.05) is 12.1 Å². The van der Waals surface area contributed by atoms with Crippen LogP contribution in [0.5, 0.6) is 11.5 Å². The number of ether oxygens (including phenoxy) is 3. The third-order valence-electron chi connectivity index (χ3n) is 3.39. The molecule has 25 heavy (non-hydrogen) atoms. The van der Waals surface area contributed by atoms with Gasteiger partial charge in [-0.15, -0.1) is 0 Å². The van der Waals surface area contributed by atoms with Crippen molar-refractivity contribution >= 4 is 11.9 Å². The molecule has 0 aliphatic heterocycles. The fourth-order valence-electron chi connectivity index (χ4n) is 2.08. The number of carboxylic acids is 1. The summed E-state index contributed by atoms with van der Waals surface area (Å²) in [5.74, 6) is -0.384. The predicted molar refractivity (Wildman–Crippen MR) is 93.4 cm³/mol. The highest BCUT2D eigenvalue weighted by atomic mass is 16.6. The van der Waals surface area contributed by atoms with Crippen molar-refractivity contribution in [2.24, 2.45) is 0 Å². The second-order valence-corrected chi connectivity index (χ2v) is 6.32. The number of carboxylic acid groups (broad SMARTS) is 1. The molecule has 0 saturated carbocycles. The van der Waals surface area contributed by atoms with E-state index < -0.39 is 25.2 Å². The van der Waals surface area contributed by atoms with Crippen molar-refractivity contribution < 1.29 is 28.9 Å². The lowest BCUT2D eigenvalue weighted by atomic mass is 10.00. The van der Waals surface area contributed by atoms with Crippen LogP contribution in [0, 0.1) is 6.92 Å². The van der Waals surface area contributed by atoms with Crippen LogP contribution in [-0.4, -0.2) is 62.4 Å². The van der Waals surface area contributed by atoms with Crippen molar-refractivity contribution in [3.8, 4) is 11.5 Å². The summed E-state index contributed by atoms with van der Waals surface area (Å²) >= 11 is 0. The summed E-state index contributed by atoms with van der Waals surface area (Å²) in [5, 5.41) is 8.50.